The Kier molecular flexibility index (Phi) is 6.07. The van der Waals surface area contributed by atoms with Crippen LogP contribution in [0.15, 0.2) is 36.4 Å². The van der Waals surface area contributed by atoms with Crippen molar-refractivity contribution in [3.63, 3.8) is 0 Å². The average molecular weight is 464 g/mol. The summed E-state index contributed by atoms with van der Waals surface area (Å²) in [5.41, 5.74) is 2.74. The fraction of sp³-hybridized carbons (Fsp3) is 0.481. The minimum Gasteiger partial charge on any atom is -0.494 e. The molecule has 3 atom stereocenters. The maximum absolute atomic E-state index is 15.1. The minimum absolute atomic E-state index is 0.0783. The molecule has 1 aliphatic heterocycles. The lowest BCUT2D eigenvalue weighted by Gasteiger charge is -2.41. The number of carbonyl (C=O) groups is 1. The van der Waals surface area contributed by atoms with E-state index in [1.54, 1.807) is 12.1 Å². The summed E-state index contributed by atoms with van der Waals surface area (Å²) in [5.74, 6) is 0.219. The molecular weight excluding hydrogens is 433 g/mol. The highest BCUT2D eigenvalue weighted by molar-refractivity contribution is 5.85. The summed E-state index contributed by atoms with van der Waals surface area (Å²) in [7, 11) is 0. The summed E-state index contributed by atoms with van der Waals surface area (Å²) in [5, 5.41) is 12.6. The van der Waals surface area contributed by atoms with Crippen LogP contribution >= 0.6 is 0 Å². The number of hydrogen-bond acceptors (Lipinski definition) is 5. The molecule has 0 bridgehead atoms. The van der Waals surface area contributed by atoms with Crippen LogP contribution in [0.25, 0.3) is 0 Å². The smallest absolute Gasteiger partial charge is 0.411 e. The third kappa shape index (κ3) is 4.18. The highest BCUT2D eigenvalue weighted by atomic mass is 19.1. The van der Waals surface area contributed by atoms with E-state index in [9.17, 15) is 10.1 Å². The first-order valence-corrected chi connectivity index (χ1v) is 12.2. The second kappa shape index (κ2) is 9.17. The Balaban J connectivity index is 1.42. The minimum atomic E-state index is -0.645. The predicted molar refractivity (Wildman–Crippen MR) is 128 cm³/mol. The van der Waals surface area contributed by atoms with E-state index in [2.05, 4.69) is 16.3 Å². The Labute approximate surface area is 199 Å². The number of benzene rings is 2. The molecule has 2 aliphatic carbocycles. The summed E-state index contributed by atoms with van der Waals surface area (Å²) >= 11 is 0. The molecule has 0 radical (unpaired) electrons. The van der Waals surface area contributed by atoms with Crippen molar-refractivity contribution in [1.82, 2.24) is 0 Å². The van der Waals surface area contributed by atoms with Gasteiger partial charge < -0.3 is 14.4 Å². The first-order chi connectivity index (χ1) is 16.5. The molecule has 5 rings (SSSR count). The van der Waals surface area contributed by atoms with Gasteiger partial charge in [0.2, 0.25) is 0 Å². The largest absolute Gasteiger partial charge is 0.494 e. The van der Waals surface area contributed by atoms with E-state index in [1.165, 1.54) is 6.07 Å². The van der Waals surface area contributed by atoms with Crippen molar-refractivity contribution in [2.75, 3.05) is 16.8 Å². The number of amides is 1. The molecule has 1 heterocycles. The molecule has 7 heteroatoms. The lowest BCUT2D eigenvalue weighted by Crippen LogP contribution is -2.41. The molecular formula is C27H30FN3O3. The molecule has 2 aromatic carbocycles. The Morgan fingerprint density at radius 1 is 1.24 bits per heavy atom. The van der Waals surface area contributed by atoms with E-state index in [4.69, 9.17) is 9.47 Å². The standard InChI is InChI=1S/C27H30FN3O3/c1-3-33-20-10-11-21-22(15-29)26(31(25(21)14-20)19-5-4-6-19)18-9-12-24(23(28)13-18)30-27(32)34-16(2)17-7-8-17/h9-14,16-17,19,22,26H,3-8H2,1-2H3,(H,30,32)/t16-,22?,26?/m1/s1. The molecule has 178 valence electrons. The summed E-state index contributed by atoms with van der Waals surface area (Å²) in [4.78, 5) is 14.5. The third-order valence-electron chi connectivity index (χ3n) is 7.30. The molecule has 6 nitrogen and oxygen atoms in total. The second-order valence-corrected chi connectivity index (χ2v) is 9.51. The number of anilines is 2. The molecule has 3 aliphatic rings. The zero-order valence-corrected chi connectivity index (χ0v) is 19.6. The first kappa shape index (κ1) is 22.5. The number of hydrogen-bond donors (Lipinski definition) is 1. The van der Waals surface area contributed by atoms with Gasteiger partial charge in [-0.2, -0.15) is 5.26 Å². The number of nitrogens with one attached hydrogen (secondary N) is 1. The van der Waals surface area contributed by atoms with Gasteiger partial charge in [-0.3, -0.25) is 5.32 Å². The van der Waals surface area contributed by atoms with Gasteiger partial charge in [-0.1, -0.05) is 12.1 Å². The van der Waals surface area contributed by atoms with Crippen molar-refractivity contribution in [3.8, 4) is 11.8 Å². The number of rotatable bonds is 7. The van der Waals surface area contributed by atoms with Crippen molar-refractivity contribution in [1.29, 1.82) is 5.26 Å². The zero-order chi connectivity index (χ0) is 23.8. The van der Waals surface area contributed by atoms with Crippen LogP contribution in [0.5, 0.6) is 5.75 Å². The van der Waals surface area contributed by atoms with Crippen LogP contribution < -0.4 is 15.0 Å². The quantitative estimate of drug-likeness (QED) is 0.522. The highest BCUT2D eigenvalue weighted by Crippen LogP contribution is 2.53. The van der Waals surface area contributed by atoms with Crippen molar-refractivity contribution in [3.05, 3.63) is 53.3 Å². The number of ether oxygens (including phenoxy) is 2. The second-order valence-electron chi connectivity index (χ2n) is 9.51. The maximum atomic E-state index is 15.1. The molecule has 2 saturated carbocycles. The van der Waals surface area contributed by atoms with Crippen LogP contribution in [0.4, 0.5) is 20.6 Å². The normalized spacial score (nSPS) is 22.4. The molecule has 0 saturated heterocycles. The van der Waals surface area contributed by atoms with Crippen LogP contribution in [-0.2, 0) is 4.74 Å². The lowest BCUT2D eigenvalue weighted by molar-refractivity contribution is 0.108. The van der Waals surface area contributed by atoms with Gasteiger partial charge in [0.1, 0.15) is 17.7 Å². The lowest BCUT2D eigenvalue weighted by atomic mass is 9.87. The van der Waals surface area contributed by atoms with Crippen LogP contribution in [0.1, 0.15) is 69.0 Å². The molecule has 2 unspecified atom stereocenters. The first-order valence-electron chi connectivity index (χ1n) is 12.2. The van der Waals surface area contributed by atoms with Crippen molar-refractivity contribution in [2.24, 2.45) is 5.92 Å². The molecule has 34 heavy (non-hydrogen) atoms. The van der Waals surface area contributed by atoms with E-state index in [1.807, 2.05) is 32.0 Å². The van der Waals surface area contributed by atoms with E-state index in [0.717, 1.165) is 54.7 Å². The topological polar surface area (TPSA) is 74.6 Å². The van der Waals surface area contributed by atoms with Gasteiger partial charge >= 0.3 is 6.09 Å². The van der Waals surface area contributed by atoms with Gasteiger partial charge in [-0.25, -0.2) is 9.18 Å². The van der Waals surface area contributed by atoms with Crippen molar-refractivity contribution >= 4 is 17.5 Å². The number of carbonyl (C=O) groups excluding carboxylic acids is 1. The van der Waals surface area contributed by atoms with Gasteiger partial charge in [-0.15, -0.1) is 0 Å². The number of nitriles is 1. The monoisotopic (exact) mass is 463 g/mol. The molecule has 1 N–H and O–H groups in total. The number of nitrogens with zero attached hydrogens (tertiary/aromatic N) is 2. The summed E-state index contributed by atoms with van der Waals surface area (Å²) in [6.07, 6.45) is 4.53. The van der Waals surface area contributed by atoms with Crippen LogP contribution in [0.3, 0.4) is 0 Å². The van der Waals surface area contributed by atoms with E-state index in [0.29, 0.717) is 18.6 Å². The third-order valence-corrected chi connectivity index (χ3v) is 7.30. The maximum Gasteiger partial charge on any atom is 0.411 e. The van der Waals surface area contributed by atoms with Gasteiger partial charge in [-0.05, 0) is 81.2 Å². The van der Waals surface area contributed by atoms with E-state index >= 15 is 4.39 Å². The molecule has 0 spiro atoms. The van der Waals surface area contributed by atoms with Crippen LogP contribution in [0.2, 0.25) is 0 Å². The average Bonchev–Trinajstić information content (AvgIpc) is 3.58. The van der Waals surface area contributed by atoms with E-state index < -0.39 is 17.8 Å². The Bertz CT molecular complexity index is 1120. The van der Waals surface area contributed by atoms with Gasteiger partial charge in [0.25, 0.3) is 0 Å². The van der Waals surface area contributed by atoms with Gasteiger partial charge in [0.05, 0.1) is 30.3 Å². The number of halogens is 1. The SMILES string of the molecule is CCOc1ccc2c(c1)N(C1CCC1)C(c1ccc(NC(=O)O[C@H](C)C3CC3)c(F)c1)C2C#N. The zero-order valence-electron chi connectivity index (χ0n) is 19.6. The molecule has 1 amide bonds. The fourth-order valence-corrected chi connectivity index (χ4v) is 5.12. The number of fused-ring (bicyclic) bond motifs is 1. The molecule has 0 aromatic heterocycles. The van der Waals surface area contributed by atoms with Crippen LogP contribution in [0, 0.1) is 23.1 Å². The molecule has 2 fully saturated rings. The van der Waals surface area contributed by atoms with Gasteiger partial charge in [0.15, 0.2) is 0 Å². The summed E-state index contributed by atoms with van der Waals surface area (Å²) in [6, 6.07) is 13.1. The summed E-state index contributed by atoms with van der Waals surface area (Å²) < 4.78 is 26.2. The Hall–Kier alpha value is -3.27. The Morgan fingerprint density at radius 3 is 2.65 bits per heavy atom. The highest BCUT2D eigenvalue weighted by Gasteiger charge is 2.44. The fourth-order valence-electron chi connectivity index (χ4n) is 5.12. The van der Waals surface area contributed by atoms with Crippen molar-refractivity contribution < 1.29 is 18.7 Å². The predicted octanol–water partition coefficient (Wildman–Crippen LogP) is 6.29. The van der Waals surface area contributed by atoms with E-state index in [-0.39, 0.29) is 17.8 Å². The van der Waals surface area contributed by atoms with Crippen LogP contribution in [-0.4, -0.2) is 24.8 Å². The van der Waals surface area contributed by atoms with Gasteiger partial charge in [0, 0.05) is 17.8 Å². The molecule has 2 aromatic rings. The Morgan fingerprint density at radius 2 is 2.03 bits per heavy atom. The summed E-state index contributed by atoms with van der Waals surface area (Å²) in [6.45, 7) is 4.37. The van der Waals surface area contributed by atoms with Crippen molar-refractivity contribution in [2.45, 2.75) is 70.1 Å².